The predicted octanol–water partition coefficient (Wildman–Crippen LogP) is -0.181. The number of hydrogen-bond donors (Lipinski definition) is 6. The van der Waals surface area contributed by atoms with Crippen LogP contribution >= 0.6 is 0 Å². The largest absolute Gasteiger partial charge is 0.394 e. The Kier molecular flexibility index (Phi) is 6.55. The molecule has 166 valence electrons. The number of rotatable bonds is 3. The minimum absolute atomic E-state index is 0.171. The van der Waals surface area contributed by atoms with Gasteiger partial charge in [0.25, 0.3) is 5.91 Å². The zero-order chi connectivity index (χ0) is 22.0. The van der Waals surface area contributed by atoms with Crippen LogP contribution < -0.4 is 5.32 Å². The predicted molar refractivity (Wildman–Crippen MR) is 111 cm³/mol. The molecule has 1 saturated carbocycles. The lowest BCUT2D eigenvalue weighted by Crippen LogP contribution is -2.58. The van der Waals surface area contributed by atoms with Crippen molar-refractivity contribution in [1.29, 1.82) is 0 Å². The Morgan fingerprint density at radius 3 is 2.68 bits per heavy atom. The first-order valence-corrected chi connectivity index (χ1v) is 10.6. The van der Waals surface area contributed by atoms with E-state index >= 15 is 0 Å². The molecular formula is C22H27N3O6. The van der Waals surface area contributed by atoms with Crippen molar-refractivity contribution in [2.45, 2.75) is 68.7 Å². The zero-order valence-corrected chi connectivity index (χ0v) is 17.0. The summed E-state index contributed by atoms with van der Waals surface area (Å²) in [6.07, 6.45) is 0.451. The van der Waals surface area contributed by atoms with Crippen LogP contribution in [0.3, 0.4) is 0 Å². The molecule has 6 N–H and O–H groups in total. The lowest BCUT2D eigenvalue weighted by atomic mass is 9.94. The molecular weight excluding hydrogens is 402 g/mol. The number of aliphatic hydroxyl groups is 4. The lowest BCUT2D eigenvalue weighted by Gasteiger charge is -2.37. The summed E-state index contributed by atoms with van der Waals surface area (Å²) in [5, 5.41) is 50.1. The molecule has 0 radical (unpaired) electrons. The third-order valence-electron chi connectivity index (χ3n) is 5.99. The number of amides is 1. The van der Waals surface area contributed by atoms with Gasteiger partial charge < -0.3 is 30.5 Å². The molecule has 1 aromatic heterocycles. The highest BCUT2D eigenvalue weighted by molar-refractivity contribution is 5.99. The normalized spacial score (nSPS) is 29.4. The Labute approximate surface area is 179 Å². The summed E-state index contributed by atoms with van der Waals surface area (Å²) in [6.45, 7) is -0.523. The van der Waals surface area contributed by atoms with Crippen LogP contribution in [-0.4, -0.2) is 79.7 Å². The highest BCUT2D eigenvalue weighted by Gasteiger charge is 2.42. The maximum Gasteiger partial charge on any atom is 0.251 e. The summed E-state index contributed by atoms with van der Waals surface area (Å²) < 4.78 is 5.44. The number of ether oxygens (including phenoxy) is 1. The zero-order valence-electron chi connectivity index (χ0n) is 17.0. The van der Waals surface area contributed by atoms with E-state index in [1.807, 2.05) is 0 Å². The maximum absolute atomic E-state index is 12.8. The molecule has 4 rings (SSSR count). The van der Waals surface area contributed by atoms with Crippen LogP contribution in [0.2, 0.25) is 0 Å². The van der Waals surface area contributed by atoms with Crippen LogP contribution in [0.5, 0.6) is 0 Å². The quantitative estimate of drug-likeness (QED) is 0.371. The molecule has 2 aliphatic rings. The molecule has 2 fully saturated rings. The second kappa shape index (κ2) is 9.34. The van der Waals surface area contributed by atoms with Crippen molar-refractivity contribution in [3.8, 4) is 11.8 Å². The van der Waals surface area contributed by atoms with Gasteiger partial charge in [-0.15, -0.1) is 0 Å². The molecule has 1 amide bonds. The molecule has 1 aromatic carbocycles. The Bertz CT molecular complexity index is 988. The van der Waals surface area contributed by atoms with Gasteiger partial charge in [0.15, 0.2) is 0 Å². The van der Waals surface area contributed by atoms with Gasteiger partial charge in [0.05, 0.1) is 23.9 Å². The topological polar surface area (TPSA) is 148 Å². The molecule has 9 heteroatoms. The Hall–Kier alpha value is -2.48. The molecule has 0 unspecified atom stereocenters. The molecule has 1 aliphatic carbocycles. The number of H-pyrrole nitrogens is 1. The Morgan fingerprint density at radius 1 is 1.16 bits per heavy atom. The van der Waals surface area contributed by atoms with Gasteiger partial charge in [-0.3, -0.25) is 9.89 Å². The van der Waals surface area contributed by atoms with Gasteiger partial charge in [-0.2, -0.15) is 5.10 Å². The fraction of sp³-hybridized carbons (Fsp3) is 0.545. The highest BCUT2D eigenvalue weighted by atomic mass is 16.5. The van der Waals surface area contributed by atoms with Crippen molar-refractivity contribution in [3.05, 3.63) is 29.5 Å². The summed E-state index contributed by atoms with van der Waals surface area (Å²) in [5.41, 5.74) is 1.57. The summed E-state index contributed by atoms with van der Waals surface area (Å²) in [5.74, 6) is 5.47. The minimum atomic E-state index is -1.50. The fourth-order valence-corrected chi connectivity index (χ4v) is 4.17. The monoisotopic (exact) mass is 429 g/mol. The van der Waals surface area contributed by atoms with E-state index < -0.39 is 37.1 Å². The van der Waals surface area contributed by atoms with Crippen molar-refractivity contribution in [2.24, 2.45) is 0 Å². The standard InChI is InChI=1S/C22H27N3O6/c26-11-17-20(28)21(29)19(27)16(31-17)7-6-12-8-13(9-14-10-23-25-18(12)14)22(30)24-15-4-2-1-3-5-15/h8-10,15-17,19-21,26-29H,1-5,11H2,(H,23,25)(H,24,30)/t16-,17-,19-,20-,21-/m1/s1. The summed E-state index contributed by atoms with van der Waals surface area (Å²) in [6, 6.07) is 3.57. The van der Waals surface area contributed by atoms with E-state index in [1.54, 1.807) is 18.3 Å². The molecule has 2 aromatic rings. The van der Waals surface area contributed by atoms with Crippen LogP contribution in [0.25, 0.3) is 10.9 Å². The van der Waals surface area contributed by atoms with Crippen molar-refractivity contribution >= 4 is 16.8 Å². The third kappa shape index (κ3) is 4.59. The summed E-state index contributed by atoms with van der Waals surface area (Å²) >= 11 is 0. The van der Waals surface area contributed by atoms with E-state index in [2.05, 4.69) is 27.4 Å². The third-order valence-corrected chi connectivity index (χ3v) is 5.99. The van der Waals surface area contributed by atoms with Crippen molar-refractivity contribution in [1.82, 2.24) is 15.5 Å². The number of hydrogen-bond acceptors (Lipinski definition) is 7. The number of nitrogens with one attached hydrogen (secondary N) is 2. The van der Waals surface area contributed by atoms with E-state index in [4.69, 9.17) is 4.74 Å². The number of aromatic nitrogens is 2. The van der Waals surface area contributed by atoms with Crippen LogP contribution in [0, 0.1) is 11.8 Å². The van der Waals surface area contributed by atoms with E-state index in [1.165, 1.54) is 6.42 Å². The molecule has 31 heavy (non-hydrogen) atoms. The SMILES string of the molecule is O=C(NC1CCCCC1)c1cc(C#C[C@H]2O[C@H](CO)[C@@H](O)[C@H](O)[C@@H]2O)c2[nH]ncc2c1. The van der Waals surface area contributed by atoms with Gasteiger partial charge in [0, 0.05) is 17.0 Å². The average Bonchev–Trinajstić information content (AvgIpc) is 3.26. The number of fused-ring (bicyclic) bond motifs is 1. The fourth-order valence-electron chi connectivity index (χ4n) is 4.17. The van der Waals surface area contributed by atoms with Gasteiger partial charge >= 0.3 is 0 Å². The van der Waals surface area contributed by atoms with Crippen LogP contribution in [0.4, 0.5) is 0 Å². The van der Waals surface area contributed by atoms with Crippen molar-refractivity contribution in [2.75, 3.05) is 6.61 Å². The molecule has 5 atom stereocenters. The van der Waals surface area contributed by atoms with Gasteiger partial charge in [-0.1, -0.05) is 31.1 Å². The molecule has 1 saturated heterocycles. The smallest absolute Gasteiger partial charge is 0.251 e. The van der Waals surface area contributed by atoms with Crippen LogP contribution in [0.1, 0.15) is 48.0 Å². The van der Waals surface area contributed by atoms with E-state index in [-0.39, 0.29) is 11.9 Å². The second-order valence-electron chi connectivity index (χ2n) is 8.19. The first-order chi connectivity index (χ1) is 15.0. The summed E-state index contributed by atoms with van der Waals surface area (Å²) in [7, 11) is 0. The Morgan fingerprint density at radius 2 is 1.94 bits per heavy atom. The minimum Gasteiger partial charge on any atom is -0.394 e. The number of nitrogens with zero attached hydrogens (tertiary/aromatic N) is 1. The van der Waals surface area contributed by atoms with Crippen LogP contribution in [0.15, 0.2) is 18.3 Å². The Balaban J connectivity index is 1.59. The van der Waals surface area contributed by atoms with E-state index in [0.717, 1.165) is 31.1 Å². The lowest BCUT2D eigenvalue weighted by molar-refractivity contribution is -0.214. The molecule has 1 aliphatic heterocycles. The first-order valence-electron chi connectivity index (χ1n) is 10.6. The average molecular weight is 429 g/mol. The van der Waals surface area contributed by atoms with Gasteiger partial charge in [0.1, 0.15) is 30.5 Å². The maximum atomic E-state index is 12.8. The van der Waals surface area contributed by atoms with Crippen molar-refractivity contribution in [3.63, 3.8) is 0 Å². The summed E-state index contributed by atoms with van der Waals surface area (Å²) in [4.78, 5) is 12.8. The number of carbonyl (C=O) groups excluding carboxylic acids is 1. The number of benzene rings is 1. The molecule has 9 nitrogen and oxygen atoms in total. The van der Waals surface area contributed by atoms with Gasteiger partial charge in [-0.05, 0) is 25.0 Å². The van der Waals surface area contributed by atoms with Gasteiger partial charge in [-0.25, -0.2) is 0 Å². The molecule has 0 spiro atoms. The highest BCUT2D eigenvalue weighted by Crippen LogP contribution is 2.23. The van der Waals surface area contributed by atoms with Crippen molar-refractivity contribution < 1.29 is 30.0 Å². The van der Waals surface area contributed by atoms with E-state index in [0.29, 0.717) is 16.6 Å². The molecule has 0 bridgehead atoms. The number of carbonyl (C=O) groups is 1. The second-order valence-corrected chi connectivity index (χ2v) is 8.19. The first kappa shape index (κ1) is 21.7. The number of aliphatic hydroxyl groups excluding tert-OH is 4. The van der Waals surface area contributed by atoms with Crippen LogP contribution in [-0.2, 0) is 4.74 Å². The van der Waals surface area contributed by atoms with Gasteiger partial charge in [0.2, 0.25) is 0 Å². The molecule has 2 heterocycles. The number of aromatic amines is 1. The van der Waals surface area contributed by atoms with E-state index in [9.17, 15) is 25.2 Å².